The van der Waals surface area contributed by atoms with Crippen LogP contribution in [0.1, 0.15) is 26.6 Å². The monoisotopic (exact) mass is 312 g/mol. The average molecular weight is 312 g/mol. The van der Waals surface area contributed by atoms with E-state index in [0.717, 1.165) is 40.7 Å². The van der Waals surface area contributed by atoms with E-state index in [9.17, 15) is 0 Å². The Hall–Kier alpha value is -2.14. The third kappa shape index (κ3) is 2.88. The number of nitrogen functional groups attached to an aromatic ring is 1. The zero-order valence-electron chi connectivity index (χ0n) is 14.2. The van der Waals surface area contributed by atoms with Crippen molar-refractivity contribution in [3.05, 3.63) is 30.1 Å². The Morgan fingerprint density at radius 2 is 1.91 bits per heavy atom. The molecule has 2 heterocycles. The van der Waals surface area contributed by atoms with Crippen LogP contribution in [0.5, 0.6) is 0 Å². The molecule has 1 unspecified atom stereocenters. The number of nitrogens with two attached hydrogens (primary N) is 1. The minimum Gasteiger partial charge on any atom is -0.382 e. The second-order valence-corrected chi connectivity index (χ2v) is 6.49. The number of fused-ring (bicyclic) bond motifs is 3. The number of hydrogen-bond acceptors (Lipinski definition) is 4. The van der Waals surface area contributed by atoms with Crippen LogP contribution in [0.15, 0.2) is 24.3 Å². The van der Waals surface area contributed by atoms with Crippen LogP contribution in [-0.4, -0.2) is 27.7 Å². The molecule has 23 heavy (non-hydrogen) atoms. The summed E-state index contributed by atoms with van der Waals surface area (Å²) in [7, 11) is 1.73. The normalized spacial score (nSPS) is 13.3. The van der Waals surface area contributed by atoms with Crippen molar-refractivity contribution in [2.75, 3.05) is 12.8 Å². The van der Waals surface area contributed by atoms with Gasteiger partial charge in [-0.3, -0.25) is 0 Å². The number of benzene rings is 1. The first-order valence-electron chi connectivity index (χ1n) is 8.07. The van der Waals surface area contributed by atoms with Gasteiger partial charge in [-0.05, 0) is 18.9 Å². The zero-order chi connectivity index (χ0) is 16.6. The molecule has 2 aromatic heterocycles. The molecule has 0 aliphatic heterocycles. The molecule has 1 atom stereocenters. The predicted octanol–water partition coefficient (Wildman–Crippen LogP) is 3.40. The lowest BCUT2D eigenvalue weighted by molar-refractivity contribution is 0.116. The highest BCUT2D eigenvalue weighted by molar-refractivity contribution is 6.06. The Bertz CT molecular complexity index is 838. The summed E-state index contributed by atoms with van der Waals surface area (Å²) in [6, 6.07) is 8.10. The molecule has 122 valence electrons. The van der Waals surface area contributed by atoms with E-state index in [1.54, 1.807) is 7.11 Å². The molecule has 0 fully saturated rings. The number of pyridine rings is 1. The highest BCUT2D eigenvalue weighted by Crippen LogP contribution is 2.29. The third-order valence-corrected chi connectivity index (χ3v) is 4.11. The summed E-state index contributed by atoms with van der Waals surface area (Å²) in [5, 5.41) is 1.10. The molecular formula is C18H24N4O. The molecule has 0 aliphatic rings. The summed E-state index contributed by atoms with van der Waals surface area (Å²) >= 11 is 0. The van der Waals surface area contributed by atoms with Crippen LogP contribution in [-0.2, 0) is 17.7 Å². The molecule has 0 amide bonds. The van der Waals surface area contributed by atoms with Gasteiger partial charge in [-0.1, -0.05) is 32.0 Å². The number of anilines is 1. The van der Waals surface area contributed by atoms with Crippen molar-refractivity contribution in [1.29, 1.82) is 0 Å². The van der Waals surface area contributed by atoms with Crippen LogP contribution in [0.2, 0.25) is 0 Å². The first-order valence-corrected chi connectivity index (χ1v) is 8.07. The summed E-state index contributed by atoms with van der Waals surface area (Å²) in [6.07, 6.45) is 0.865. The molecule has 0 radical (unpaired) electrons. The maximum atomic E-state index is 6.18. The molecule has 0 aliphatic carbocycles. The van der Waals surface area contributed by atoms with E-state index in [4.69, 9.17) is 15.5 Å². The lowest BCUT2D eigenvalue weighted by Crippen LogP contribution is -2.15. The van der Waals surface area contributed by atoms with Crippen LogP contribution < -0.4 is 5.73 Å². The molecule has 3 rings (SSSR count). The average Bonchev–Trinajstić information content (AvgIpc) is 2.86. The molecule has 2 N–H and O–H groups in total. The SMILES string of the molecule is COC(C)Cc1nc2c(N)nc3ccccc3c2n1CC(C)C. The second-order valence-electron chi connectivity index (χ2n) is 6.49. The third-order valence-electron chi connectivity index (χ3n) is 4.11. The second kappa shape index (κ2) is 6.16. The Morgan fingerprint density at radius 3 is 2.61 bits per heavy atom. The van der Waals surface area contributed by atoms with E-state index in [0.29, 0.717) is 11.7 Å². The lowest BCUT2D eigenvalue weighted by atomic mass is 10.1. The maximum absolute atomic E-state index is 6.18. The molecule has 0 saturated carbocycles. The number of imidazole rings is 1. The van der Waals surface area contributed by atoms with Gasteiger partial charge in [-0.2, -0.15) is 0 Å². The molecule has 3 aromatic rings. The standard InChI is InChI=1S/C18H24N4O/c1-11(2)10-22-15(9-12(3)23-4)21-16-17(22)13-7-5-6-8-14(13)20-18(16)19/h5-8,11-12H,9-10H2,1-4H3,(H2,19,20). The van der Waals surface area contributed by atoms with Gasteiger partial charge in [0.2, 0.25) is 0 Å². The predicted molar refractivity (Wildman–Crippen MR) is 94.5 cm³/mol. The summed E-state index contributed by atoms with van der Waals surface area (Å²) in [6.45, 7) is 7.37. The lowest BCUT2D eigenvalue weighted by Gasteiger charge is -2.15. The smallest absolute Gasteiger partial charge is 0.152 e. The van der Waals surface area contributed by atoms with Crippen molar-refractivity contribution in [2.24, 2.45) is 5.92 Å². The Morgan fingerprint density at radius 1 is 1.17 bits per heavy atom. The zero-order valence-corrected chi connectivity index (χ0v) is 14.2. The molecular weight excluding hydrogens is 288 g/mol. The number of para-hydroxylation sites is 1. The molecule has 0 spiro atoms. The van der Waals surface area contributed by atoms with Gasteiger partial charge >= 0.3 is 0 Å². The summed E-state index contributed by atoms with van der Waals surface area (Å²) < 4.78 is 7.72. The van der Waals surface area contributed by atoms with Gasteiger partial charge in [0.05, 0.1) is 17.1 Å². The van der Waals surface area contributed by atoms with Crippen molar-refractivity contribution in [2.45, 2.75) is 39.8 Å². The van der Waals surface area contributed by atoms with Crippen LogP contribution in [0.3, 0.4) is 0 Å². The fourth-order valence-electron chi connectivity index (χ4n) is 2.96. The largest absolute Gasteiger partial charge is 0.382 e. The van der Waals surface area contributed by atoms with Gasteiger partial charge in [-0.25, -0.2) is 9.97 Å². The quantitative estimate of drug-likeness (QED) is 0.784. The highest BCUT2D eigenvalue weighted by atomic mass is 16.5. The molecule has 5 nitrogen and oxygen atoms in total. The van der Waals surface area contributed by atoms with E-state index in [-0.39, 0.29) is 6.10 Å². The topological polar surface area (TPSA) is 66.0 Å². The van der Waals surface area contributed by atoms with Gasteiger partial charge in [0.1, 0.15) is 11.3 Å². The molecule has 0 saturated heterocycles. The van der Waals surface area contributed by atoms with E-state index >= 15 is 0 Å². The van der Waals surface area contributed by atoms with Crippen LogP contribution >= 0.6 is 0 Å². The Kier molecular flexibility index (Phi) is 4.22. The number of nitrogens with zero attached hydrogens (tertiary/aromatic N) is 3. The van der Waals surface area contributed by atoms with Gasteiger partial charge in [0.15, 0.2) is 5.82 Å². The van der Waals surface area contributed by atoms with Crippen molar-refractivity contribution in [1.82, 2.24) is 14.5 Å². The van der Waals surface area contributed by atoms with Crippen molar-refractivity contribution in [3.8, 4) is 0 Å². The van der Waals surface area contributed by atoms with Crippen LogP contribution in [0, 0.1) is 5.92 Å². The first kappa shape index (κ1) is 15.7. The maximum Gasteiger partial charge on any atom is 0.152 e. The van der Waals surface area contributed by atoms with Crippen LogP contribution in [0.4, 0.5) is 5.82 Å². The van der Waals surface area contributed by atoms with Crippen molar-refractivity contribution >= 4 is 27.8 Å². The van der Waals surface area contributed by atoms with Crippen molar-refractivity contribution in [3.63, 3.8) is 0 Å². The number of hydrogen-bond donors (Lipinski definition) is 1. The molecule has 1 aromatic carbocycles. The van der Waals surface area contributed by atoms with E-state index < -0.39 is 0 Å². The number of ether oxygens (including phenoxy) is 1. The summed E-state index contributed by atoms with van der Waals surface area (Å²) in [5.74, 6) is 2.01. The fraction of sp³-hybridized carbons (Fsp3) is 0.444. The minimum atomic E-state index is 0.109. The van der Waals surface area contributed by atoms with Gasteiger partial charge in [-0.15, -0.1) is 0 Å². The van der Waals surface area contributed by atoms with Gasteiger partial charge < -0.3 is 15.0 Å². The van der Waals surface area contributed by atoms with Crippen LogP contribution in [0.25, 0.3) is 21.9 Å². The Labute approximate surface area is 136 Å². The first-order chi connectivity index (χ1) is 11.0. The van der Waals surface area contributed by atoms with Crippen molar-refractivity contribution < 1.29 is 4.74 Å². The molecule has 0 bridgehead atoms. The van der Waals surface area contributed by atoms with E-state index in [2.05, 4.69) is 36.4 Å². The number of aromatic nitrogens is 3. The number of methoxy groups -OCH3 is 1. The summed E-state index contributed by atoms with van der Waals surface area (Å²) in [5.41, 5.74) is 8.97. The fourth-order valence-corrected chi connectivity index (χ4v) is 2.96. The van der Waals surface area contributed by atoms with E-state index in [1.165, 1.54) is 0 Å². The highest BCUT2D eigenvalue weighted by Gasteiger charge is 2.19. The van der Waals surface area contributed by atoms with Gasteiger partial charge in [0, 0.05) is 25.5 Å². The minimum absolute atomic E-state index is 0.109. The van der Waals surface area contributed by atoms with Gasteiger partial charge in [0.25, 0.3) is 0 Å². The van der Waals surface area contributed by atoms with E-state index in [1.807, 2.05) is 18.2 Å². The number of rotatable bonds is 5. The molecule has 5 heteroatoms. The Balaban J connectivity index is 2.31. The summed E-state index contributed by atoms with van der Waals surface area (Å²) in [4.78, 5) is 9.31.